The van der Waals surface area contributed by atoms with Crippen molar-refractivity contribution in [3.05, 3.63) is 0 Å². The fraction of sp³-hybridized carbons (Fsp3) is 1.00. The van der Waals surface area contributed by atoms with Crippen molar-refractivity contribution in [2.75, 3.05) is 5.75 Å². The van der Waals surface area contributed by atoms with Gasteiger partial charge in [-0.3, -0.25) is 0 Å². The van der Waals surface area contributed by atoms with Crippen molar-refractivity contribution in [1.29, 1.82) is 0 Å². The van der Waals surface area contributed by atoms with Crippen molar-refractivity contribution in [2.24, 2.45) is 18.1 Å². The van der Waals surface area contributed by atoms with Gasteiger partial charge in [0.05, 0.1) is 0 Å². The molecule has 1 unspecified atom stereocenters. The average molecular weight is 295 g/mol. The zero-order valence-electron chi connectivity index (χ0n) is 6.33. The molecule has 0 aromatic rings. The van der Waals surface area contributed by atoms with Crippen LogP contribution in [0.5, 0.6) is 0 Å². The van der Waals surface area contributed by atoms with Crippen LogP contribution < -0.4 is 0 Å². The van der Waals surface area contributed by atoms with Gasteiger partial charge in [-0.25, -0.2) is 0 Å². The van der Waals surface area contributed by atoms with Gasteiger partial charge in [-0.1, -0.05) is 0 Å². The summed E-state index contributed by atoms with van der Waals surface area (Å²) in [6, 6.07) is 0. The minimum atomic E-state index is -4.17. The van der Waals surface area contributed by atoms with Gasteiger partial charge in [0.15, 0.2) is 8.52 Å². The van der Waals surface area contributed by atoms with Gasteiger partial charge in [0.2, 0.25) is 17.0 Å². The predicted molar refractivity (Wildman–Crippen MR) is 55.9 cm³/mol. The summed E-state index contributed by atoms with van der Waals surface area (Å²) in [7, 11) is 0.00426. The van der Waals surface area contributed by atoms with Crippen molar-refractivity contribution in [3.8, 4) is 0 Å². The average Bonchev–Trinajstić information content (AvgIpc) is 2.00. The fourth-order valence-corrected chi connectivity index (χ4v) is 6.03. The molecule has 0 aromatic heterocycles. The molecule has 0 aliphatic carbocycles. The van der Waals surface area contributed by atoms with Gasteiger partial charge in [-0.05, 0) is 0 Å². The Labute approximate surface area is 87.6 Å². The van der Waals surface area contributed by atoms with E-state index in [1.807, 2.05) is 0 Å². The monoisotopic (exact) mass is 295 g/mol. The number of alkyl halides is 3. The lowest BCUT2D eigenvalue weighted by molar-refractivity contribution is -0.104. The molecular weight excluding hydrogens is 293 g/mol. The molecule has 12 heteroatoms. The van der Waals surface area contributed by atoms with Crippen molar-refractivity contribution in [1.82, 2.24) is 0 Å². The largest absolute Gasteiger partial charge is 0.440 e. The summed E-state index contributed by atoms with van der Waals surface area (Å²) >= 11 is 0.696. The molecule has 4 nitrogen and oxygen atoms in total. The smallest absolute Gasteiger partial charge is 0.170 e. The third-order valence-corrected chi connectivity index (χ3v) is 6.96. The standard InChI is InChI=1S/C2H2F3N4P4S/c3-2(4,5)1-14-13-8-11-6-10-7-12-9-13/h1H2/q+1. The molecule has 0 saturated carbocycles. The van der Waals surface area contributed by atoms with Crippen LogP contribution in [0.15, 0.2) is 18.1 Å². The van der Waals surface area contributed by atoms with Crippen LogP contribution in [0, 0.1) is 0 Å². The topological polar surface area (TPSA) is 49.4 Å². The van der Waals surface area contributed by atoms with Crippen LogP contribution in [0.2, 0.25) is 0 Å². The SMILES string of the molecule is FC(F)(F)CS[P+]1=NP=NP=NP=N1. The Kier molecular flexibility index (Phi) is 5.58. The molecule has 0 saturated heterocycles. The molecule has 0 bridgehead atoms. The lowest BCUT2D eigenvalue weighted by Gasteiger charge is -1.97. The second kappa shape index (κ2) is 6.19. The predicted octanol–water partition coefficient (Wildman–Crippen LogP) is 5.93. The number of hydrogen-bond donors (Lipinski definition) is 0. The third-order valence-electron chi connectivity index (χ3n) is 0.737. The molecule has 1 rings (SSSR count). The van der Waals surface area contributed by atoms with Gasteiger partial charge >= 0.3 is 13.2 Å². The van der Waals surface area contributed by atoms with Gasteiger partial charge in [-0.2, -0.15) is 22.2 Å². The molecule has 0 amide bonds. The first-order chi connectivity index (χ1) is 6.58. The minimum Gasteiger partial charge on any atom is -0.170 e. The van der Waals surface area contributed by atoms with Crippen molar-refractivity contribution < 1.29 is 13.2 Å². The van der Waals surface area contributed by atoms with E-state index >= 15 is 0 Å². The molecule has 0 aromatic carbocycles. The highest BCUT2D eigenvalue weighted by Crippen LogP contribution is 2.50. The Bertz CT molecular complexity index is 310. The minimum absolute atomic E-state index is 0.412. The lowest BCUT2D eigenvalue weighted by Crippen LogP contribution is -2.09. The van der Waals surface area contributed by atoms with E-state index in [0.29, 0.717) is 37.0 Å². The lowest BCUT2D eigenvalue weighted by atomic mass is 10.8. The van der Waals surface area contributed by atoms with Crippen molar-refractivity contribution in [2.45, 2.75) is 6.18 Å². The van der Waals surface area contributed by atoms with Crippen LogP contribution in [0.3, 0.4) is 0 Å². The van der Waals surface area contributed by atoms with Gasteiger partial charge in [-0.15, -0.1) is 0 Å². The van der Waals surface area contributed by atoms with Gasteiger partial charge < -0.3 is 0 Å². The van der Waals surface area contributed by atoms with E-state index in [-0.39, 0.29) is 0 Å². The fourth-order valence-electron chi connectivity index (χ4n) is 0.358. The zero-order chi connectivity index (χ0) is 10.4. The van der Waals surface area contributed by atoms with Crippen LogP contribution in [-0.4, -0.2) is 11.9 Å². The molecule has 14 heavy (non-hydrogen) atoms. The summed E-state index contributed by atoms with van der Waals surface area (Å²) in [6.07, 6.45) is -4.17. The Morgan fingerprint density at radius 1 is 1.14 bits per heavy atom. The third kappa shape index (κ3) is 6.10. The number of nitrogens with zero attached hydrogens (tertiary/aromatic N) is 4. The van der Waals surface area contributed by atoms with E-state index in [9.17, 15) is 13.2 Å². The highest BCUT2D eigenvalue weighted by molar-refractivity contribution is 8.52. The summed E-state index contributed by atoms with van der Waals surface area (Å²) in [6.45, 7) is 0. The number of hydrogen-bond acceptors (Lipinski definition) is 5. The van der Waals surface area contributed by atoms with Crippen LogP contribution in [-0.2, 0) is 0 Å². The van der Waals surface area contributed by atoms with Crippen LogP contribution in [0.4, 0.5) is 13.2 Å². The molecule has 76 valence electrons. The van der Waals surface area contributed by atoms with Crippen molar-refractivity contribution in [3.63, 3.8) is 0 Å². The maximum absolute atomic E-state index is 11.8. The second-order valence-corrected chi connectivity index (χ2v) is 7.97. The van der Waals surface area contributed by atoms with E-state index < -0.39 is 19.0 Å². The first-order valence-corrected chi connectivity index (χ1v) is 8.23. The number of rotatable bonds is 2. The van der Waals surface area contributed by atoms with E-state index in [0.717, 1.165) is 0 Å². The van der Waals surface area contributed by atoms with E-state index in [2.05, 4.69) is 18.1 Å². The highest BCUT2D eigenvalue weighted by Gasteiger charge is 2.33. The van der Waals surface area contributed by atoms with Gasteiger partial charge in [0.1, 0.15) is 17.1 Å². The molecule has 1 aliphatic rings. The quantitative estimate of drug-likeness (QED) is 0.583. The molecule has 1 heterocycles. The molecule has 1 aliphatic heterocycles. The molecule has 0 spiro atoms. The van der Waals surface area contributed by atoms with E-state index in [1.54, 1.807) is 0 Å². The highest BCUT2D eigenvalue weighted by atomic mass is 32.7. The normalized spacial score (nSPS) is 22.4. The van der Waals surface area contributed by atoms with E-state index in [1.165, 1.54) is 0 Å². The van der Waals surface area contributed by atoms with Crippen LogP contribution in [0.25, 0.3) is 0 Å². The summed E-state index contributed by atoms with van der Waals surface area (Å²) in [5.41, 5.74) is 0. The maximum Gasteiger partial charge on any atom is 0.440 e. The summed E-state index contributed by atoms with van der Waals surface area (Å²) in [4.78, 5) is 0. The Morgan fingerprint density at radius 2 is 1.86 bits per heavy atom. The molecule has 0 fully saturated rings. The zero-order valence-corrected chi connectivity index (χ0v) is 10.7. The summed E-state index contributed by atoms with van der Waals surface area (Å²) in [5, 5.41) is 0. The molecule has 0 radical (unpaired) electrons. The Morgan fingerprint density at radius 3 is 2.57 bits per heavy atom. The van der Waals surface area contributed by atoms with Gasteiger partial charge in [0.25, 0.3) is 0 Å². The molecular formula is C2H2F3N4P4S+. The molecule has 1 atom stereocenters. The van der Waals surface area contributed by atoms with Gasteiger partial charge in [0, 0.05) is 9.03 Å². The first kappa shape index (κ1) is 12.6. The molecule has 0 N–H and O–H groups in total. The first-order valence-electron chi connectivity index (χ1n) is 2.99. The maximum atomic E-state index is 11.8. The Balaban J connectivity index is 2.52. The van der Waals surface area contributed by atoms with Crippen LogP contribution >= 0.6 is 44.0 Å². The summed E-state index contributed by atoms with van der Waals surface area (Å²) in [5.74, 6) is -0.922. The Hall–Kier alpha value is 0.540. The summed E-state index contributed by atoms with van der Waals surface area (Å²) < 4.78 is 50.9. The van der Waals surface area contributed by atoms with E-state index in [4.69, 9.17) is 0 Å². The number of halogens is 3. The second-order valence-electron chi connectivity index (χ2n) is 1.77. The van der Waals surface area contributed by atoms with Crippen molar-refractivity contribution >= 4 is 44.0 Å². The van der Waals surface area contributed by atoms with Crippen LogP contribution in [0.1, 0.15) is 0 Å².